The number of hydrogen-bond acceptors (Lipinski definition) is 5. The quantitative estimate of drug-likeness (QED) is 0.745. The normalized spacial score (nSPS) is 11.1. The van der Waals surface area contributed by atoms with Crippen molar-refractivity contribution in [3.63, 3.8) is 0 Å². The summed E-state index contributed by atoms with van der Waals surface area (Å²) in [5.74, 6) is -0.328. The monoisotopic (exact) mass is 306 g/mol. The number of carbonyl (C=O) groups is 1. The second-order valence-electron chi connectivity index (χ2n) is 4.33. The number of primary sulfonamides is 1. The van der Waals surface area contributed by atoms with Crippen LogP contribution in [0.25, 0.3) is 0 Å². The minimum atomic E-state index is -3.71. The summed E-state index contributed by atoms with van der Waals surface area (Å²) in [6, 6.07) is 7.45. The molecule has 0 atom stereocenters. The van der Waals surface area contributed by atoms with Crippen molar-refractivity contribution in [2.24, 2.45) is 5.14 Å². The molecule has 0 saturated heterocycles. The number of amides is 1. The Labute approximate surface area is 122 Å². The first-order valence-electron chi connectivity index (χ1n) is 5.97. The molecule has 21 heavy (non-hydrogen) atoms. The van der Waals surface area contributed by atoms with Crippen LogP contribution in [0.3, 0.4) is 0 Å². The number of benzene rings is 1. The molecule has 0 spiro atoms. The van der Waals surface area contributed by atoms with Gasteiger partial charge in [-0.15, -0.1) is 0 Å². The van der Waals surface area contributed by atoms with Crippen molar-refractivity contribution in [1.29, 1.82) is 0 Å². The molecule has 0 unspecified atom stereocenters. The maximum absolute atomic E-state index is 11.9. The van der Waals surface area contributed by atoms with E-state index in [1.807, 2.05) is 0 Å². The fraction of sp³-hybridized carbons (Fsp3) is 0.0769. The number of sulfonamides is 1. The Balaban J connectivity index is 2.04. The number of rotatable bonds is 4. The number of hydrogen-bond donors (Lipinski definition) is 3. The van der Waals surface area contributed by atoms with Crippen LogP contribution in [0, 0.1) is 0 Å². The Morgan fingerprint density at radius 3 is 2.43 bits per heavy atom. The molecule has 1 amide bonds. The molecule has 0 fully saturated rings. The van der Waals surface area contributed by atoms with Gasteiger partial charge in [0, 0.05) is 12.7 Å². The molecule has 0 aliphatic heterocycles. The zero-order valence-electron chi connectivity index (χ0n) is 11.0. The van der Waals surface area contributed by atoms with Gasteiger partial charge in [-0.1, -0.05) is 12.1 Å². The second-order valence-corrected chi connectivity index (χ2v) is 5.90. The van der Waals surface area contributed by atoms with Crippen molar-refractivity contribution in [1.82, 2.24) is 10.3 Å². The minimum absolute atomic E-state index is 0.0240. The summed E-state index contributed by atoms with van der Waals surface area (Å²) in [6.07, 6.45) is 2.88. The first-order valence-corrected chi connectivity index (χ1v) is 7.52. The predicted octanol–water partition coefficient (Wildman–Crippen LogP) is 0.241. The van der Waals surface area contributed by atoms with Gasteiger partial charge >= 0.3 is 0 Å². The van der Waals surface area contributed by atoms with Gasteiger partial charge in [0.05, 0.1) is 22.3 Å². The van der Waals surface area contributed by atoms with E-state index in [9.17, 15) is 13.2 Å². The molecule has 0 bridgehead atoms. The number of pyridine rings is 1. The second kappa shape index (κ2) is 5.90. The Morgan fingerprint density at radius 2 is 1.86 bits per heavy atom. The molecule has 1 aromatic heterocycles. The van der Waals surface area contributed by atoms with Crippen LogP contribution in [-0.2, 0) is 16.6 Å². The van der Waals surface area contributed by atoms with Crippen LogP contribution in [-0.4, -0.2) is 19.3 Å². The molecule has 110 valence electrons. The first-order chi connectivity index (χ1) is 9.88. The largest absolute Gasteiger partial charge is 0.397 e. The summed E-state index contributed by atoms with van der Waals surface area (Å²) in [5, 5.41) is 7.69. The van der Waals surface area contributed by atoms with Gasteiger partial charge in [-0.2, -0.15) is 0 Å². The van der Waals surface area contributed by atoms with Gasteiger partial charge in [0.2, 0.25) is 10.0 Å². The maximum Gasteiger partial charge on any atom is 0.253 e. The molecular formula is C13H14N4O3S. The Morgan fingerprint density at radius 1 is 1.19 bits per heavy atom. The number of anilines is 1. The van der Waals surface area contributed by atoms with Gasteiger partial charge in [-0.25, -0.2) is 13.6 Å². The minimum Gasteiger partial charge on any atom is -0.397 e. The highest BCUT2D eigenvalue weighted by atomic mass is 32.2. The van der Waals surface area contributed by atoms with Gasteiger partial charge < -0.3 is 11.1 Å². The third kappa shape index (κ3) is 3.77. The SMILES string of the molecule is Nc1cnccc1C(=O)NCc1ccc(S(N)(=O)=O)cc1. The van der Waals surface area contributed by atoms with E-state index < -0.39 is 10.0 Å². The molecule has 8 heteroatoms. The van der Waals surface area contributed by atoms with E-state index in [1.165, 1.54) is 30.6 Å². The summed E-state index contributed by atoms with van der Waals surface area (Å²) in [7, 11) is -3.71. The highest BCUT2D eigenvalue weighted by molar-refractivity contribution is 7.89. The molecule has 0 radical (unpaired) electrons. The molecular weight excluding hydrogens is 292 g/mol. The van der Waals surface area contributed by atoms with Crippen LogP contribution in [0.1, 0.15) is 15.9 Å². The highest BCUT2D eigenvalue weighted by Crippen LogP contribution is 2.10. The van der Waals surface area contributed by atoms with Crippen molar-refractivity contribution in [3.05, 3.63) is 53.9 Å². The molecule has 2 aromatic rings. The summed E-state index contributed by atoms with van der Waals surface area (Å²) >= 11 is 0. The Bertz CT molecular complexity index is 757. The Hall–Kier alpha value is -2.45. The van der Waals surface area contributed by atoms with Crippen molar-refractivity contribution < 1.29 is 13.2 Å². The van der Waals surface area contributed by atoms with Gasteiger partial charge in [-0.05, 0) is 23.8 Å². The lowest BCUT2D eigenvalue weighted by molar-refractivity contribution is 0.0951. The number of carbonyl (C=O) groups excluding carboxylic acids is 1. The van der Waals surface area contributed by atoms with Gasteiger partial charge in [0.1, 0.15) is 0 Å². The van der Waals surface area contributed by atoms with Crippen molar-refractivity contribution in [2.75, 3.05) is 5.73 Å². The zero-order valence-corrected chi connectivity index (χ0v) is 11.8. The number of nitrogens with zero attached hydrogens (tertiary/aromatic N) is 1. The van der Waals surface area contributed by atoms with Gasteiger partial charge in [0.15, 0.2) is 0 Å². The summed E-state index contributed by atoms with van der Waals surface area (Å²) in [5.41, 5.74) is 7.02. The number of aromatic nitrogens is 1. The van der Waals surface area contributed by atoms with E-state index in [-0.39, 0.29) is 17.3 Å². The Kier molecular flexibility index (Phi) is 4.20. The third-order valence-electron chi connectivity index (χ3n) is 2.80. The number of nitrogens with two attached hydrogens (primary N) is 2. The predicted molar refractivity (Wildman–Crippen MR) is 77.6 cm³/mol. The van der Waals surface area contributed by atoms with Crippen LogP contribution in [0.2, 0.25) is 0 Å². The van der Waals surface area contributed by atoms with E-state index >= 15 is 0 Å². The fourth-order valence-corrected chi connectivity index (χ4v) is 2.20. The molecule has 0 aliphatic carbocycles. The summed E-state index contributed by atoms with van der Waals surface area (Å²) in [4.78, 5) is 15.8. The van der Waals surface area contributed by atoms with Crippen LogP contribution in [0.4, 0.5) is 5.69 Å². The van der Waals surface area contributed by atoms with Gasteiger partial charge in [0.25, 0.3) is 5.91 Å². The average molecular weight is 306 g/mol. The zero-order chi connectivity index (χ0) is 15.5. The van der Waals surface area contributed by atoms with Crippen LogP contribution in [0.15, 0.2) is 47.6 Å². The molecule has 7 nitrogen and oxygen atoms in total. The first kappa shape index (κ1) is 14.9. The highest BCUT2D eigenvalue weighted by Gasteiger charge is 2.10. The summed E-state index contributed by atoms with van der Waals surface area (Å²) in [6.45, 7) is 0.242. The van der Waals surface area contributed by atoms with E-state index in [0.717, 1.165) is 5.56 Å². The maximum atomic E-state index is 11.9. The average Bonchev–Trinajstić information content (AvgIpc) is 2.45. The van der Waals surface area contributed by atoms with Crippen LogP contribution < -0.4 is 16.2 Å². The van der Waals surface area contributed by atoms with Crippen molar-refractivity contribution in [2.45, 2.75) is 11.4 Å². The number of nitrogen functional groups attached to an aromatic ring is 1. The van der Waals surface area contributed by atoms with Crippen LogP contribution in [0.5, 0.6) is 0 Å². The van der Waals surface area contributed by atoms with E-state index in [4.69, 9.17) is 10.9 Å². The lowest BCUT2D eigenvalue weighted by Gasteiger charge is -2.07. The molecule has 1 heterocycles. The van der Waals surface area contributed by atoms with E-state index in [0.29, 0.717) is 11.3 Å². The lowest BCUT2D eigenvalue weighted by Crippen LogP contribution is -2.24. The number of nitrogens with one attached hydrogen (secondary N) is 1. The smallest absolute Gasteiger partial charge is 0.253 e. The summed E-state index contributed by atoms with van der Waals surface area (Å²) < 4.78 is 22.2. The van der Waals surface area contributed by atoms with E-state index in [1.54, 1.807) is 12.1 Å². The molecule has 2 rings (SSSR count). The third-order valence-corrected chi connectivity index (χ3v) is 3.73. The molecule has 0 aliphatic rings. The lowest BCUT2D eigenvalue weighted by atomic mass is 10.2. The van der Waals surface area contributed by atoms with E-state index in [2.05, 4.69) is 10.3 Å². The van der Waals surface area contributed by atoms with Crippen molar-refractivity contribution >= 4 is 21.6 Å². The fourth-order valence-electron chi connectivity index (χ4n) is 1.69. The molecule has 5 N–H and O–H groups in total. The van der Waals surface area contributed by atoms with Crippen LogP contribution >= 0.6 is 0 Å². The topological polar surface area (TPSA) is 128 Å². The molecule has 1 aromatic carbocycles. The standard InChI is InChI=1S/C13H14N4O3S/c14-12-8-16-6-5-11(12)13(18)17-7-9-1-3-10(4-2-9)21(15,19)20/h1-6,8H,7,14H2,(H,17,18)(H2,15,19,20). The van der Waals surface area contributed by atoms with Gasteiger partial charge in [-0.3, -0.25) is 9.78 Å². The molecule has 0 saturated carbocycles. The van der Waals surface area contributed by atoms with Crippen molar-refractivity contribution in [3.8, 4) is 0 Å².